The largest absolute Gasteiger partial charge is 0.467 e. The monoisotopic (exact) mass is 319 g/mol. The average Bonchev–Trinajstić information content (AvgIpc) is 2.80. The van der Waals surface area contributed by atoms with Gasteiger partial charge < -0.3 is 10.2 Å². The summed E-state index contributed by atoms with van der Waals surface area (Å²) in [7, 11) is 0. The van der Waals surface area contributed by atoms with Crippen LogP contribution in [0, 0.1) is 0 Å². The van der Waals surface area contributed by atoms with Crippen molar-refractivity contribution in [3.8, 4) is 0 Å². The lowest BCUT2D eigenvalue weighted by atomic mass is 10.0. The van der Waals surface area contributed by atoms with Gasteiger partial charge in [0, 0.05) is 4.47 Å². The Morgan fingerprint density at radius 3 is 2.50 bits per heavy atom. The van der Waals surface area contributed by atoms with Crippen molar-refractivity contribution in [3.63, 3.8) is 0 Å². The van der Waals surface area contributed by atoms with Crippen LogP contribution >= 0.6 is 15.9 Å². The minimum absolute atomic E-state index is 0.333. The zero-order chi connectivity index (χ0) is 13.3. The van der Waals surface area contributed by atoms with Crippen LogP contribution in [0.4, 0.5) is 13.2 Å². The molecule has 1 aromatic carbocycles. The molecule has 1 heterocycles. The second kappa shape index (κ2) is 4.78. The van der Waals surface area contributed by atoms with Crippen molar-refractivity contribution >= 4 is 15.9 Å². The molecule has 2 rings (SSSR count). The van der Waals surface area contributed by atoms with E-state index in [0.29, 0.717) is 15.8 Å². The van der Waals surface area contributed by atoms with Crippen molar-refractivity contribution in [1.29, 1.82) is 0 Å². The number of benzene rings is 1. The Morgan fingerprint density at radius 2 is 1.94 bits per heavy atom. The van der Waals surface area contributed by atoms with Gasteiger partial charge in [-0.2, -0.15) is 13.2 Å². The van der Waals surface area contributed by atoms with Crippen LogP contribution in [0.3, 0.4) is 0 Å². The Morgan fingerprint density at radius 1 is 1.22 bits per heavy atom. The summed E-state index contributed by atoms with van der Waals surface area (Å²) in [6.45, 7) is 0. The molecule has 1 atom stereocenters. The number of rotatable bonds is 2. The van der Waals surface area contributed by atoms with Crippen LogP contribution in [0.2, 0.25) is 0 Å². The van der Waals surface area contributed by atoms with E-state index >= 15 is 0 Å². The quantitative estimate of drug-likeness (QED) is 0.904. The topological polar surface area (TPSA) is 39.2 Å². The second-order valence-corrected chi connectivity index (χ2v) is 4.58. The molecule has 0 fully saturated rings. The van der Waals surface area contributed by atoms with Gasteiger partial charge in [-0.15, -0.1) is 0 Å². The number of hydrogen-bond acceptors (Lipinski definition) is 2. The first kappa shape index (κ1) is 13.2. The molecule has 0 aliphatic rings. The lowest BCUT2D eigenvalue weighted by Gasteiger charge is -2.14. The van der Waals surface area contributed by atoms with Crippen molar-refractivity contribution in [2.75, 3.05) is 0 Å². The lowest BCUT2D eigenvalue weighted by molar-refractivity contribution is -0.137. The van der Waals surface area contributed by atoms with Crippen LogP contribution in [-0.4, -0.2) is 0 Å². The molecule has 0 aliphatic carbocycles. The zero-order valence-corrected chi connectivity index (χ0v) is 10.6. The maximum Gasteiger partial charge on any atom is 0.416 e. The minimum Gasteiger partial charge on any atom is -0.467 e. The van der Waals surface area contributed by atoms with Crippen molar-refractivity contribution < 1.29 is 17.6 Å². The van der Waals surface area contributed by atoms with Gasteiger partial charge >= 0.3 is 6.18 Å². The van der Waals surface area contributed by atoms with Crippen LogP contribution in [-0.2, 0) is 6.18 Å². The van der Waals surface area contributed by atoms with Gasteiger partial charge in [0.1, 0.15) is 5.76 Å². The second-order valence-electron chi connectivity index (χ2n) is 3.73. The number of alkyl halides is 3. The molecule has 18 heavy (non-hydrogen) atoms. The van der Waals surface area contributed by atoms with E-state index < -0.39 is 17.8 Å². The molecule has 1 unspecified atom stereocenters. The van der Waals surface area contributed by atoms with Crippen LogP contribution in [0.1, 0.15) is 22.9 Å². The number of halogens is 4. The molecule has 0 radical (unpaired) electrons. The molecule has 0 bridgehead atoms. The molecule has 96 valence electrons. The smallest absolute Gasteiger partial charge is 0.416 e. The number of nitrogens with two attached hydrogens (primary N) is 1. The summed E-state index contributed by atoms with van der Waals surface area (Å²) in [4.78, 5) is 0. The number of hydrogen-bond donors (Lipinski definition) is 1. The molecular weight excluding hydrogens is 311 g/mol. The first-order chi connectivity index (χ1) is 8.39. The highest BCUT2D eigenvalue weighted by molar-refractivity contribution is 9.10. The summed E-state index contributed by atoms with van der Waals surface area (Å²) in [5.41, 5.74) is 5.48. The fourth-order valence-electron chi connectivity index (χ4n) is 1.58. The van der Waals surface area contributed by atoms with Gasteiger partial charge in [-0.1, -0.05) is 15.9 Å². The van der Waals surface area contributed by atoms with E-state index in [9.17, 15) is 13.2 Å². The fraction of sp³-hybridized carbons (Fsp3) is 0.167. The van der Waals surface area contributed by atoms with Gasteiger partial charge in [-0.25, -0.2) is 0 Å². The van der Waals surface area contributed by atoms with Crippen LogP contribution in [0.5, 0.6) is 0 Å². The molecular formula is C12H9BrF3NO. The van der Waals surface area contributed by atoms with E-state index in [0.717, 1.165) is 12.1 Å². The predicted molar refractivity (Wildman–Crippen MR) is 63.9 cm³/mol. The van der Waals surface area contributed by atoms with E-state index in [2.05, 4.69) is 15.9 Å². The Bertz CT molecular complexity index is 537. The molecule has 0 aliphatic heterocycles. The molecule has 2 aromatic rings. The molecule has 0 spiro atoms. The van der Waals surface area contributed by atoms with Gasteiger partial charge in [0.2, 0.25) is 0 Å². The Balaban J connectivity index is 2.44. The highest BCUT2D eigenvalue weighted by atomic mass is 79.9. The Labute approximate surface area is 110 Å². The minimum atomic E-state index is -4.39. The lowest BCUT2D eigenvalue weighted by Crippen LogP contribution is -2.14. The van der Waals surface area contributed by atoms with Gasteiger partial charge in [-0.05, 0) is 35.9 Å². The maximum atomic E-state index is 12.6. The molecule has 6 heteroatoms. The molecule has 0 saturated heterocycles. The fourth-order valence-corrected chi connectivity index (χ4v) is 2.07. The standard InChI is InChI=1S/C12H9BrF3NO/c13-9-4-3-7(12(14,15)16)6-8(9)11(17)10-2-1-5-18-10/h1-6,11H,17H2. The summed E-state index contributed by atoms with van der Waals surface area (Å²) in [5, 5.41) is 0. The van der Waals surface area contributed by atoms with E-state index in [4.69, 9.17) is 10.2 Å². The summed E-state index contributed by atoms with van der Waals surface area (Å²) in [5.74, 6) is 0.412. The van der Waals surface area contributed by atoms with Gasteiger partial charge in [-0.3, -0.25) is 0 Å². The Hall–Kier alpha value is -1.27. The first-order valence-corrected chi connectivity index (χ1v) is 5.84. The van der Waals surface area contributed by atoms with Crippen molar-refractivity contribution in [2.45, 2.75) is 12.2 Å². The van der Waals surface area contributed by atoms with Crippen molar-refractivity contribution in [1.82, 2.24) is 0 Å². The zero-order valence-electron chi connectivity index (χ0n) is 9.04. The normalized spacial score (nSPS) is 13.6. The SMILES string of the molecule is NC(c1ccco1)c1cc(C(F)(F)F)ccc1Br. The van der Waals surface area contributed by atoms with Crippen LogP contribution in [0.15, 0.2) is 45.5 Å². The highest BCUT2D eigenvalue weighted by Crippen LogP contribution is 2.34. The summed E-state index contributed by atoms with van der Waals surface area (Å²) >= 11 is 3.19. The van der Waals surface area contributed by atoms with E-state index in [1.807, 2.05) is 0 Å². The molecule has 0 amide bonds. The predicted octanol–water partition coefficient (Wildman–Crippen LogP) is 4.11. The molecule has 0 saturated carbocycles. The van der Waals surface area contributed by atoms with Crippen LogP contribution in [0.25, 0.3) is 0 Å². The van der Waals surface area contributed by atoms with E-state index in [-0.39, 0.29) is 0 Å². The van der Waals surface area contributed by atoms with Crippen molar-refractivity contribution in [3.05, 3.63) is 58.0 Å². The van der Waals surface area contributed by atoms with Crippen molar-refractivity contribution in [2.24, 2.45) is 5.73 Å². The Kier molecular flexibility index (Phi) is 3.49. The van der Waals surface area contributed by atoms with E-state index in [1.54, 1.807) is 12.1 Å². The van der Waals surface area contributed by atoms with Gasteiger partial charge in [0.15, 0.2) is 0 Å². The van der Waals surface area contributed by atoms with Crippen LogP contribution < -0.4 is 5.73 Å². The summed E-state index contributed by atoms with van der Waals surface area (Å²) < 4.78 is 43.5. The third kappa shape index (κ3) is 2.59. The first-order valence-electron chi connectivity index (χ1n) is 5.05. The van der Waals surface area contributed by atoms with Gasteiger partial charge in [0.05, 0.1) is 17.9 Å². The third-order valence-electron chi connectivity index (χ3n) is 2.51. The molecule has 2 nitrogen and oxygen atoms in total. The van der Waals surface area contributed by atoms with Gasteiger partial charge in [0.25, 0.3) is 0 Å². The maximum absolute atomic E-state index is 12.6. The third-order valence-corrected chi connectivity index (χ3v) is 3.23. The number of furan rings is 1. The summed E-state index contributed by atoms with van der Waals surface area (Å²) in [6.07, 6.45) is -2.96. The molecule has 1 aromatic heterocycles. The average molecular weight is 320 g/mol. The van der Waals surface area contributed by atoms with E-state index in [1.165, 1.54) is 12.3 Å². The molecule has 2 N–H and O–H groups in total. The summed E-state index contributed by atoms with van der Waals surface area (Å²) in [6, 6.07) is 5.88. The highest BCUT2D eigenvalue weighted by Gasteiger charge is 2.31.